The predicted octanol–water partition coefficient (Wildman–Crippen LogP) is 1.98. The van der Waals surface area contributed by atoms with Crippen LogP contribution in [0.3, 0.4) is 0 Å². The minimum atomic E-state index is -0.836. The van der Waals surface area contributed by atoms with Gasteiger partial charge in [-0.05, 0) is 55.8 Å². The molecular weight excluding hydrogens is 254 g/mol. The van der Waals surface area contributed by atoms with E-state index in [0.29, 0.717) is 11.7 Å². The van der Waals surface area contributed by atoms with Crippen LogP contribution in [0.1, 0.15) is 49.7 Å². The third-order valence-corrected chi connectivity index (χ3v) is 5.70. The molecule has 5 heteroatoms. The number of carboxylic acid groups (broad SMARTS) is 1. The maximum absolute atomic E-state index is 10.9. The van der Waals surface area contributed by atoms with Crippen molar-refractivity contribution >= 4 is 5.97 Å². The molecular formula is C15H21N3O2. The first-order valence-electron chi connectivity index (χ1n) is 7.71. The Balaban J connectivity index is 1.63. The van der Waals surface area contributed by atoms with Gasteiger partial charge in [0.15, 0.2) is 5.82 Å². The summed E-state index contributed by atoms with van der Waals surface area (Å²) in [7, 11) is 1.81. The summed E-state index contributed by atoms with van der Waals surface area (Å²) in [6, 6.07) is 0. The monoisotopic (exact) mass is 275 g/mol. The average molecular weight is 275 g/mol. The second-order valence-electron chi connectivity index (χ2n) is 7.04. The van der Waals surface area contributed by atoms with Gasteiger partial charge in [-0.3, -0.25) is 9.48 Å². The highest BCUT2D eigenvalue weighted by molar-refractivity contribution is 5.69. The first-order chi connectivity index (χ1) is 9.60. The normalized spacial score (nSPS) is 38.4. The minimum Gasteiger partial charge on any atom is -0.481 e. The fourth-order valence-corrected chi connectivity index (χ4v) is 5.22. The Hall–Kier alpha value is -1.39. The van der Waals surface area contributed by atoms with E-state index in [0.717, 1.165) is 29.5 Å². The molecule has 20 heavy (non-hydrogen) atoms. The van der Waals surface area contributed by atoms with Crippen LogP contribution in [0.4, 0.5) is 0 Å². The number of aliphatic carboxylic acids is 1. The lowest BCUT2D eigenvalue weighted by atomic mass is 9.52. The van der Waals surface area contributed by atoms with E-state index in [1.54, 1.807) is 4.68 Å². The van der Waals surface area contributed by atoms with E-state index in [1.807, 2.05) is 7.05 Å². The Morgan fingerprint density at radius 2 is 1.80 bits per heavy atom. The van der Waals surface area contributed by atoms with Crippen molar-refractivity contribution in [3.8, 4) is 0 Å². The highest BCUT2D eigenvalue weighted by atomic mass is 16.4. The average Bonchev–Trinajstić information content (AvgIpc) is 2.68. The molecule has 0 spiro atoms. The fraction of sp³-hybridized carbons (Fsp3) is 0.800. The molecule has 5 rings (SSSR count). The van der Waals surface area contributed by atoms with Crippen LogP contribution in [0.5, 0.6) is 0 Å². The van der Waals surface area contributed by atoms with Gasteiger partial charge in [-0.25, -0.2) is 4.98 Å². The third kappa shape index (κ3) is 1.86. The van der Waals surface area contributed by atoms with Gasteiger partial charge in [-0.1, -0.05) is 0 Å². The topological polar surface area (TPSA) is 68.0 Å². The predicted molar refractivity (Wildman–Crippen MR) is 72.1 cm³/mol. The first kappa shape index (κ1) is 12.4. The molecule has 1 aromatic heterocycles. The molecule has 5 nitrogen and oxygen atoms in total. The molecule has 0 atom stereocenters. The number of hydrogen-bond acceptors (Lipinski definition) is 3. The lowest BCUT2D eigenvalue weighted by molar-refractivity contribution is -0.136. The molecule has 0 aromatic carbocycles. The summed E-state index contributed by atoms with van der Waals surface area (Å²) in [6.45, 7) is 0. The first-order valence-corrected chi connectivity index (χ1v) is 7.71. The lowest BCUT2D eigenvalue weighted by Gasteiger charge is -2.53. The molecule has 4 bridgehead atoms. The number of carbonyl (C=O) groups is 1. The Kier molecular flexibility index (Phi) is 2.66. The Morgan fingerprint density at radius 3 is 2.35 bits per heavy atom. The molecule has 4 saturated carbocycles. The molecule has 1 N–H and O–H groups in total. The van der Waals surface area contributed by atoms with Crippen LogP contribution in [-0.4, -0.2) is 25.8 Å². The Labute approximate surface area is 118 Å². The SMILES string of the molecule is Cn1nc(C2C3CC4CC(C3)CC2C4)nc1CC(=O)O. The largest absolute Gasteiger partial charge is 0.481 e. The molecule has 4 aliphatic carbocycles. The van der Waals surface area contributed by atoms with Crippen molar-refractivity contribution < 1.29 is 9.90 Å². The van der Waals surface area contributed by atoms with Crippen LogP contribution in [0.2, 0.25) is 0 Å². The summed E-state index contributed by atoms with van der Waals surface area (Å²) < 4.78 is 1.66. The number of aromatic nitrogens is 3. The van der Waals surface area contributed by atoms with Gasteiger partial charge < -0.3 is 5.11 Å². The number of carboxylic acids is 1. The summed E-state index contributed by atoms with van der Waals surface area (Å²) in [6.07, 6.45) is 6.76. The van der Waals surface area contributed by atoms with Crippen molar-refractivity contribution in [2.75, 3.05) is 0 Å². The highest BCUT2D eigenvalue weighted by Crippen LogP contribution is 2.59. The molecule has 108 valence electrons. The zero-order chi connectivity index (χ0) is 13.9. The van der Waals surface area contributed by atoms with E-state index in [2.05, 4.69) is 10.1 Å². The van der Waals surface area contributed by atoms with Gasteiger partial charge >= 0.3 is 5.97 Å². The summed E-state index contributed by atoms with van der Waals surface area (Å²) >= 11 is 0. The second kappa shape index (κ2) is 4.30. The molecule has 0 unspecified atom stereocenters. The molecule has 1 heterocycles. The third-order valence-electron chi connectivity index (χ3n) is 5.70. The summed E-state index contributed by atoms with van der Waals surface area (Å²) in [4.78, 5) is 15.4. The molecule has 0 amide bonds. The zero-order valence-electron chi connectivity index (χ0n) is 11.8. The molecule has 0 aliphatic heterocycles. The maximum Gasteiger partial charge on any atom is 0.311 e. The van der Waals surface area contributed by atoms with Gasteiger partial charge in [0.1, 0.15) is 12.2 Å². The highest BCUT2D eigenvalue weighted by Gasteiger charge is 2.50. The van der Waals surface area contributed by atoms with Gasteiger partial charge in [-0.2, -0.15) is 5.10 Å². The van der Waals surface area contributed by atoms with Crippen LogP contribution in [0.15, 0.2) is 0 Å². The van der Waals surface area contributed by atoms with E-state index in [-0.39, 0.29) is 6.42 Å². The molecule has 1 aromatic rings. The molecule has 4 aliphatic rings. The second-order valence-corrected chi connectivity index (χ2v) is 7.04. The van der Waals surface area contributed by atoms with Crippen LogP contribution in [0, 0.1) is 23.7 Å². The maximum atomic E-state index is 10.9. The number of nitrogens with zero attached hydrogens (tertiary/aromatic N) is 3. The van der Waals surface area contributed by atoms with E-state index in [4.69, 9.17) is 5.11 Å². The number of aryl methyl sites for hydroxylation is 1. The van der Waals surface area contributed by atoms with E-state index < -0.39 is 5.97 Å². The van der Waals surface area contributed by atoms with Crippen molar-refractivity contribution in [1.82, 2.24) is 14.8 Å². The lowest BCUT2D eigenvalue weighted by Crippen LogP contribution is -2.44. The molecule has 4 fully saturated rings. The van der Waals surface area contributed by atoms with Gasteiger partial charge in [0, 0.05) is 13.0 Å². The van der Waals surface area contributed by atoms with Crippen molar-refractivity contribution in [2.24, 2.45) is 30.7 Å². The van der Waals surface area contributed by atoms with Crippen LogP contribution >= 0.6 is 0 Å². The van der Waals surface area contributed by atoms with Crippen molar-refractivity contribution in [2.45, 2.75) is 44.4 Å². The van der Waals surface area contributed by atoms with Crippen LogP contribution in [-0.2, 0) is 18.3 Å². The van der Waals surface area contributed by atoms with Crippen molar-refractivity contribution in [1.29, 1.82) is 0 Å². The smallest absolute Gasteiger partial charge is 0.311 e. The van der Waals surface area contributed by atoms with Crippen LogP contribution < -0.4 is 0 Å². The Bertz CT molecular complexity index is 523. The van der Waals surface area contributed by atoms with Gasteiger partial charge in [0.2, 0.25) is 0 Å². The zero-order valence-corrected chi connectivity index (χ0v) is 11.8. The standard InChI is InChI=1S/C15H21N3O2/c1-18-12(7-13(19)20)16-15(17-18)14-10-3-8-2-9(5-10)6-11(14)4-8/h8-11,14H,2-7H2,1H3,(H,19,20). The fourth-order valence-electron chi connectivity index (χ4n) is 5.22. The quantitative estimate of drug-likeness (QED) is 0.916. The van der Waals surface area contributed by atoms with E-state index >= 15 is 0 Å². The summed E-state index contributed by atoms with van der Waals surface area (Å²) in [5, 5.41) is 13.5. The number of rotatable bonds is 3. The van der Waals surface area contributed by atoms with E-state index in [9.17, 15) is 4.79 Å². The molecule has 0 saturated heterocycles. The van der Waals surface area contributed by atoms with Gasteiger partial charge in [0.05, 0.1) is 0 Å². The minimum absolute atomic E-state index is 0.0309. The van der Waals surface area contributed by atoms with E-state index in [1.165, 1.54) is 32.1 Å². The molecule has 0 radical (unpaired) electrons. The summed E-state index contributed by atoms with van der Waals surface area (Å²) in [5.74, 6) is 4.51. The van der Waals surface area contributed by atoms with Gasteiger partial charge in [-0.15, -0.1) is 0 Å². The number of hydrogen-bond donors (Lipinski definition) is 1. The van der Waals surface area contributed by atoms with Crippen molar-refractivity contribution in [3.63, 3.8) is 0 Å². The van der Waals surface area contributed by atoms with Crippen LogP contribution in [0.25, 0.3) is 0 Å². The summed E-state index contributed by atoms with van der Waals surface area (Å²) in [5.41, 5.74) is 0. The van der Waals surface area contributed by atoms with Crippen molar-refractivity contribution in [3.05, 3.63) is 11.6 Å². The van der Waals surface area contributed by atoms with Gasteiger partial charge in [0.25, 0.3) is 0 Å². The Morgan fingerprint density at radius 1 is 1.20 bits per heavy atom.